The van der Waals surface area contributed by atoms with Crippen molar-refractivity contribution in [3.05, 3.63) is 29.6 Å². The number of aromatic nitrogens is 1. The third kappa shape index (κ3) is 4.29. The van der Waals surface area contributed by atoms with Crippen molar-refractivity contribution < 1.29 is 4.74 Å². The minimum absolute atomic E-state index is 0.351. The summed E-state index contributed by atoms with van der Waals surface area (Å²) in [6.07, 6.45) is 4.81. The van der Waals surface area contributed by atoms with Crippen LogP contribution in [0.15, 0.2) is 18.5 Å². The number of hydrogen-bond donors (Lipinski definition) is 1. The molecule has 1 aromatic heterocycles. The van der Waals surface area contributed by atoms with Gasteiger partial charge in [-0.05, 0) is 37.9 Å². The lowest BCUT2D eigenvalue weighted by atomic mass is 10.0. The van der Waals surface area contributed by atoms with E-state index < -0.39 is 0 Å². The Balaban J connectivity index is 2.61. The summed E-state index contributed by atoms with van der Waals surface area (Å²) in [5, 5.41) is 3.47. The predicted molar refractivity (Wildman–Crippen MR) is 66.5 cm³/mol. The molecule has 0 spiro atoms. The van der Waals surface area contributed by atoms with Gasteiger partial charge in [-0.3, -0.25) is 4.98 Å². The van der Waals surface area contributed by atoms with E-state index in [2.05, 4.69) is 30.2 Å². The van der Waals surface area contributed by atoms with Gasteiger partial charge >= 0.3 is 0 Å². The summed E-state index contributed by atoms with van der Waals surface area (Å²) in [4.78, 5) is 4.23. The summed E-state index contributed by atoms with van der Waals surface area (Å²) in [5.41, 5.74) is 2.46. The minimum atomic E-state index is 0.351. The van der Waals surface area contributed by atoms with Gasteiger partial charge in [-0.25, -0.2) is 0 Å². The van der Waals surface area contributed by atoms with Crippen molar-refractivity contribution in [2.45, 2.75) is 33.2 Å². The summed E-state index contributed by atoms with van der Waals surface area (Å²) in [6.45, 7) is 8.76. The summed E-state index contributed by atoms with van der Waals surface area (Å²) in [7, 11) is 0. The number of hydrogen-bond acceptors (Lipinski definition) is 3. The van der Waals surface area contributed by atoms with Crippen molar-refractivity contribution >= 4 is 0 Å². The van der Waals surface area contributed by atoms with Crippen LogP contribution in [0.5, 0.6) is 0 Å². The van der Waals surface area contributed by atoms with Crippen LogP contribution >= 0.6 is 0 Å². The van der Waals surface area contributed by atoms with E-state index in [0.29, 0.717) is 6.04 Å². The number of rotatable bonds is 7. The number of nitrogens with one attached hydrogen (secondary N) is 1. The molecule has 0 fully saturated rings. The second-order valence-electron chi connectivity index (χ2n) is 3.89. The first-order valence-corrected chi connectivity index (χ1v) is 6.00. The van der Waals surface area contributed by atoms with Crippen LogP contribution in [0.25, 0.3) is 0 Å². The van der Waals surface area contributed by atoms with Gasteiger partial charge in [0.2, 0.25) is 0 Å². The van der Waals surface area contributed by atoms with Crippen molar-refractivity contribution in [2.24, 2.45) is 0 Å². The van der Waals surface area contributed by atoms with Gasteiger partial charge < -0.3 is 10.1 Å². The molecule has 1 heterocycles. The average molecular weight is 222 g/mol. The molecule has 1 aromatic rings. The van der Waals surface area contributed by atoms with Gasteiger partial charge in [-0.15, -0.1) is 0 Å². The van der Waals surface area contributed by atoms with Gasteiger partial charge in [0.15, 0.2) is 0 Å². The average Bonchev–Trinajstić information content (AvgIpc) is 2.28. The molecule has 1 rings (SSSR count). The Morgan fingerprint density at radius 3 is 2.81 bits per heavy atom. The molecule has 1 unspecified atom stereocenters. The zero-order chi connectivity index (χ0) is 11.8. The van der Waals surface area contributed by atoms with Gasteiger partial charge in [0.05, 0.1) is 0 Å². The molecule has 90 valence electrons. The van der Waals surface area contributed by atoms with Crippen LogP contribution in [0.1, 0.15) is 37.4 Å². The highest BCUT2D eigenvalue weighted by atomic mass is 16.5. The van der Waals surface area contributed by atoms with Crippen molar-refractivity contribution in [3.8, 4) is 0 Å². The molecule has 0 aliphatic carbocycles. The maximum absolute atomic E-state index is 5.40. The van der Waals surface area contributed by atoms with Crippen LogP contribution in [0.3, 0.4) is 0 Å². The largest absolute Gasteiger partial charge is 0.382 e. The first-order valence-electron chi connectivity index (χ1n) is 6.00. The molecule has 3 nitrogen and oxygen atoms in total. The van der Waals surface area contributed by atoms with E-state index in [-0.39, 0.29) is 0 Å². The second-order valence-corrected chi connectivity index (χ2v) is 3.89. The zero-order valence-electron chi connectivity index (χ0n) is 10.5. The molecule has 1 N–H and O–H groups in total. The lowest BCUT2D eigenvalue weighted by Crippen LogP contribution is -2.22. The van der Waals surface area contributed by atoms with Crippen molar-refractivity contribution in [1.29, 1.82) is 0 Å². The second kappa shape index (κ2) is 7.36. The molecule has 0 saturated carbocycles. The van der Waals surface area contributed by atoms with Gasteiger partial charge in [0, 0.05) is 31.6 Å². The number of aryl methyl sites for hydroxylation is 1. The molecule has 0 saturated heterocycles. The van der Waals surface area contributed by atoms with Crippen molar-refractivity contribution in [2.75, 3.05) is 19.8 Å². The molecule has 0 bridgehead atoms. The van der Waals surface area contributed by atoms with E-state index >= 15 is 0 Å². The molecule has 1 atom stereocenters. The Morgan fingerprint density at radius 1 is 1.38 bits per heavy atom. The molecule has 0 aliphatic heterocycles. The first-order chi connectivity index (χ1) is 7.77. The van der Waals surface area contributed by atoms with E-state index in [1.54, 1.807) is 0 Å². The highest BCUT2D eigenvalue weighted by Crippen LogP contribution is 2.16. The van der Waals surface area contributed by atoms with Crippen LogP contribution in [0.2, 0.25) is 0 Å². The highest BCUT2D eigenvalue weighted by molar-refractivity contribution is 5.20. The van der Waals surface area contributed by atoms with E-state index in [1.807, 2.05) is 19.3 Å². The monoisotopic (exact) mass is 222 g/mol. The predicted octanol–water partition coefficient (Wildman–Crippen LogP) is 2.47. The first kappa shape index (κ1) is 13.1. The molecule has 0 radical (unpaired) electrons. The summed E-state index contributed by atoms with van der Waals surface area (Å²) >= 11 is 0. The topological polar surface area (TPSA) is 34.1 Å². The van der Waals surface area contributed by atoms with Crippen LogP contribution in [0.4, 0.5) is 0 Å². The maximum Gasteiger partial charge on any atom is 0.0484 e. The Hall–Kier alpha value is -0.930. The molecule has 0 aromatic carbocycles. The molecule has 16 heavy (non-hydrogen) atoms. The summed E-state index contributed by atoms with van der Waals surface area (Å²) in [6, 6.07) is 2.54. The van der Waals surface area contributed by atoms with E-state index in [1.165, 1.54) is 11.1 Å². The molecular formula is C13H22N2O. The quantitative estimate of drug-likeness (QED) is 0.720. The molecule has 0 aliphatic rings. The lowest BCUT2D eigenvalue weighted by Gasteiger charge is -2.18. The lowest BCUT2D eigenvalue weighted by molar-refractivity contribution is 0.136. The standard InChI is InChI=1S/C13H22N2O/c1-4-15-13(6-7-16-5-2)12-8-11(3)9-14-10-12/h8-10,13,15H,4-7H2,1-3H3. The van der Waals surface area contributed by atoms with Crippen LogP contribution in [-0.2, 0) is 4.74 Å². The third-order valence-corrected chi connectivity index (χ3v) is 2.50. The number of ether oxygens (including phenoxy) is 1. The number of nitrogens with zero attached hydrogens (tertiary/aromatic N) is 1. The Bertz CT molecular complexity index is 302. The van der Waals surface area contributed by atoms with Gasteiger partial charge in [-0.1, -0.05) is 13.0 Å². The maximum atomic E-state index is 5.40. The SMILES string of the molecule is CCNC(CCOCC)c1cncc(C)c1. The fraction of sp³-hybridized carbons (Fsp3) is 0.615. The van der Waals surface area contributed by atoms with Crippen LogP contribution < -0.4 is 5.32 Å². The van der Waals surface area contributed by atoms with E-state index in [0.717, 1.165) is 26.2 Å². The Kier molecular flexibility index (Phi) is 6.04. The van der Waals surface area contributed by atoms with Crippen LogP contribution in [0, 0.1) is 6.92 Å². The van der Waals surface area contributed by atoms with Crippen LogP contribution in [-0.4, -0.2) is 24.7 Å². The third-order valence-electron chi connectivity index (χ3n) is 2.50. The highest BCUT2D eigenvalue weighted by Gasteiger charge is 2.10. The zero-order valence-corrected chi connectivity index (χ0v) is 10.5. The fourth-order valence-corrected chi connectivity index (χ4v) is 1.75. The number of pyridine rings is 1. The normalized spacial score (nSPS) is 12.7. The molecular weight excluding hydrogens is 200 g/mol. The Labute approximate surface area is 98.2 Å². The van der Waals surface area contributed by atoms with Gasteiger partial charge in [-0.2, -0.15) is 0 Å². The van der Waals surface area contributed by atoms with Gasteiger partial charge in [0.1, 0.15) is 0 Å². The molecule has 3 heteroatoms. The Morgan fingerprint density at radius 2 is 2.19 bits per heavy atom. The van der Waals surface area contributed by atoms with E-state index in [4.69, 9.17) is 4.74 Å². The minimum Gasteiger partial charge on any atom is -0.382 e. The smallest absolute Gasteiger partial charge is 0.0484 e. The summed E-state index contributed by atoms with van der Waals surface area (Å²) < 4.78 is 5.40. The summed E-state index contributed by atoms with van der Waals surface area (Å²) in [5.74, 6) is 0. The molecule has 0 amide bonds. The fourth-order valence-electron chi connectivity index (χ4n) is 1.75. The van der Waals surface area contributed by atoms with Gasteiger partial charge in [0.25, 0.3) is 0 Å². The van der Waals surface area contributed by atoms with E-state index in [9.17, 15) is 0 Å². The van der Waals surface area contributed by atoms with Crippen molar-refractivity contribution in [1.82, 2.24) is 10.3 Å². The van der Waals surface area contributed by atoms with Crippen molar-refractivity contribution in [3.63, 3.8) is 0 Å².